The van der Waals surface area contributed by atoms with Crippen molar-refractivity contribution in [1.82, 2.24) is 15.1 Å². The van der Waals surface area contributed by atoms with Gasteiger partial charge in [-0.3, -0.25) is 9.59 Å². The number of halogens is 1. The monoisotopic (exact) mass is 378 g/mol. The van der Waals surface area contributed by atoms with Gasteiger partial charge in [0.1, 0.15) is 12.4 Å². The molecule has 0 aliphatic carbocycles. The van der Waals surface area contributed by atoms with E-state index in [0.29, 0.717) is 22.9 Å². The van der Waals surface area contributed by atoms with Crippen LogP contribution in [0.2, 0.25) is 5.02 Å². The number of hydrogen-bond donors (Lipinski definition) is 2. The molecule has 25 heavy (non-hydrogen) atoms. The average molecular weight is 379 g/mol. The second kappa shape index (κ2) is 7.93. The van der Waals surface area contributed by atoms with Crippen LogP contribution >= 0.6 is 23.4 Å². The Hall–Kier alpha value is -1.99. The maximum Gasteiger partial charge on any atom is 0.256 e. The summed E-state index contributed by atoms with van der Waals surface area (Å²) in [6, 6.07) is 6.76. The largest absolute Gasteiger partial charge is 0.355 e. The highest BCUT2D eigenvalue weighted by Crippen LogP contribution is 2.34. The van der Waals surface area contributed by atoms with E-state index >= 15 is 0 Å². The van der Waals surface area contributed by atoms with Gasteiger partial charge in [0, 0.05) is 34.2 Å². The quantitative estimate of drug-likeness (QED) is 0.810. The molecule has 0 unspecified atom stereocenters. The summed E-state index contributed by atoms with van der Waals surface area (Å²) >= 11 is 7.70. The van der Waals surface area contributed by atoms with E-state index in [9.17, 15) is 9.59 Å². The second-order valence-corrected chi connectivity index (χ2v) is 7.16. The third-order valence-corrected chi connectivity index (χ3v) is 5.01. The summed E-state index contributed by atoms with van der Waals surface area (Å²) < 4.78 is 1.58. The third-order valence-electron chi connectivity index (χ3n) is 3.80. The van der Waals surface area contributed by atoms with Crippen LogP contribution in [0.3, 0.4) is 0 Å². The van der Waals surface area contributed by atoms with E-state index in [1.54, 1.807) is 40.7 Å². The number of hydrogen-bond acceptors (Lipinski definition) is 4. The molecular formula is C17H19ClN4O2S. The van der Waals surface area contributed by atoms with Gasteiger partial charge in [0.15, 0.2) is 0 Å². The van der Waals surface area contributed by atoms with Crippen molar-refractivity contribution in [3.63, 3.8) is 0 Å². The topological polar surface area (TPSA) is 76.0 Å². The van der Waals surface area contributed by atoms with Crippen LogP contribution in [0.5, 0.6) is 0 Å². The Morgan fingerprint density at radius 3 is 2.96 bits per heavy atom. The summed E-state index contributed by atoms with van der Waals surface area (Å²) in [5.41, 5.74) is 2.38. The van der Waals surface area contributed by atoms with Gasteiger partial charge in [0.2, 0.25) is 5.91 Å². The molecule has 0 fully saturated rings. The van der Waals surface area contributed by atoms with Crippen molar-refractivity contribution in [2.75, 3.05) is 11.9 Å². The number of anilines is 1. The Morgan fingerprint density at radius 1 is 1.36 bits per heavy atom. The van der Waals surface area contributed by atoms with E-state index in [2.05, 4.69) is 15.7 Å². The summed E-state index contributed by atoms with van der Waals surface area (Å²) in [6.07, 6.45) is 0.871. The van der Waals surface area contributed by atoms with Crippen LogP contribution in [0.25, 0.3) is 0 Å². The summed E-state index contributed by atoms with van der Waals surface area (Å²) in [7, 11) is 0. The number of carbonyl (C=O) groups excluding carboxylic acids is 2. The maximum atomic E-state index is 12.6. The smallest absolute Gasteiger partial charge is 0.256 e. The van der Waals surface area contributed by atoms with Crippen molar-refractivity contribution < 1.29 is 9.59 Å². The summed E-state index contributed by atoms with van der Waals surface area (Å²) in [5, 5.41) is 10.7. The summed E-state index contributed by atoms with van der Waals surface area (Å²) in [6.45, 7) is 2.71. The molecule has 1 aliphatic rings. The number of nitrogens with one attached hydrogen (secondary N) is 2. The number of aromatic nitrogens is 2. The van der Waals surface area contributed by atoms with Crippen molar-refractivity contribution in [1.29, 1.82) is 0 Å². The Balaban J connectivity index is 1.82. The predicted molar refractivity (Wildman–Crippen MR) is 99.9 cm³/mol. The van der Waals surface area contributed by atoms with Crippen LogP contribution in [0.15, 0.2) is 24.3 Å². The van der Waals surface area contributed by atoms with Crippen LogP contribution in [-0.2, 0) is 22.8 Å². The standard InChI is InChI=1S/C17H19ClN4O2S/c1-2-6-19-15(23)8-22-16(13-9-25-10-14(13)21-22)20-17(24)11-4-3-5-12(18)7-11/h3-5,7H,2,6,8-10H2,1H3,(H,19,23)(H,20,24). The number of thioether (sulfide) groups is 1. The van der Waals surface area contributed by atoms with Gasteiger partial charge >= 0.3 is 0 Å². The molecule has 0 atom stereocenters. The Bertz CT molecular complexity index is 806. The van der Waals surface area contributed by atoms with Gasteiger partial charge in [-0.15, -0.1) is 0 Å². The molecule has 8 heteroatoms. The third kappa shape index (κ3) is 4.16. The van der Waals surface area contributed by atoms with Crippen molar-refractivity contribution >= 4 is 41.0 Å². The maximum absolute atomic E-state index is 12.6. The number of nitrogens with zero attached hydrogens (tertiary/aromatic N) is 2. The van der Waals surface area contributed by atoms with Crippen molar-refractivity contribution in [3.05, 3.63) is 46.1 Å². The minimum absolute atomic E-state index is 0.0861. The normalized spacial score (nSPS) is 12.7. The zero-order valence-corrected chi connectivity index (χ0v) is 15.4. The van der Waals surface area contributed by atoms with Crippen LogP contribution in [0.4, 0.5) is 5.82 Å². The van der Waals surface area contributed by atoms with Gasteiger partial charge in [-0.1, -0.05) is 24.6 Å². The van der Waals surface area contributed by atoms with Crippen molar-refractivity contribution in [3.8, 4) is 0 Å². The lowest BCUT2D eigenvalue weighted by Gasteiger charge is -2.11. The molecule has 2 heterocycles. The lowest BCUT2D eigenvalue weighted by molar-refractivity contribution is -0.121. The molecule has 0 bridgehead atoms. The van der Waals surface area contributed by atoms with E-state index < -0.39 is 0 Å². The highest BCUT2D eigenvalue weighted by molar-refractivity contribution is 7.98. The predicted octanol–water partition coefficient (Wildman–Crippen LogP) is 3.06. The fraction of sp³-hybridized carbons (Fsp3) is 0.353. The fourth-order valence-electron chi connectivity index (χ4n) is 2.59. The Labute approximate surface area is 155 Å². The molecule has 1 aliphatic heterocycles. The molecule has 1 aromatic carbocycles. The number of carbonyl (C=O) groups is 2. The van der Waals surface area contributed by atoms with Crippen molar-refractivity contribution in [2.45, 2.75) is 31.4 Å². The minimum Gasteiger partial charge on any atom is -0.355 e. The second-order valence-electron chi connectivity index (χ2n) is 5.74. The van der Waals surface area contributed by atoms with Crippen LogP contribution in [0.1, 0.15) is 35.0 Å². The van der Waals surface area contributed by atoms with Gasteiger partial charge in [-0.05, 0) is 24.6 Å². The van der Waals surface area contributed by atoms with Gasteiger partial charge in [0.25, 0.3) is 5.91 Å². The number of amides is 2. The number of benzene rings is 1. The molecule has 0 spiro atoms. The first kappa shape index (κ1) is 17.8. The van der Waals surface area contributed by atoms with Gasteiger partial charge in [-0.25, -0.2) is 4.68 Å². The first-order valence-corrected chi connectivity index (χ1v) is 9.61. The lowest BCUT2D eigenvalue weighted by Crippen LogP contribution is -2.29. The van der Waals surface area contributed by atoms with E-state index in [4.69, 9.17) is 11.6 Å². The Morgan fingerprint density at radius 2 is 2.20 bits per heavy atom. The van der Waals surface area contributed by atoms with Crippen molar-refractivity contribution in [2.24, 2.45) is 0 Å². The fourth-order valence-corrected chi connectivity index (χ4v) is 3.81. The molecule has 2 N–H and O–H groups in total. The molecule has 6 nitrogen and oxygen atoms in total. The first-order valence-electron chi connectivity index (χ1n) is 8.08. The van der Waals surface area contributed by atoms with E-state index in [0.717, 1.165) is 29.2 Å². The van der Waals surface area contributed by atoms with Crippen LogP contribution in [-0.4, -0.2) is 28.1 Å². The highest BCUT2D eigenvalue weighted by atomic mass is 35.5. The molecule has 132 valence electrons. The molecular weight excluding hydrogens is 360 g/mol. The Kier molecular flexibility index (Phi) is 5.65. The molecule has 0 radical (unpaired) electrons. The van der Waals surface area contributed by atoms with Crippen LogP contribution in [0, 0.1) is 0 Å². The lowest BCUT2D eigenvalue weighted by atomic mass is 10.2. The molecule has 0 saturated heterocycles. The van der Waals surface area contributed by atoms with Crippen LogP contribution < -0.4 is 10.6 Å². The summed E-state index contributed by atoms with van der Waals surface area (Å²) in [5.74, 6) is 1.78. The molecule has 2 amide bonds. The van der Waals surface area contributed by atoms with E-state index in [-0.39, 0.29) is 18.4 Å². The first-order chi connectivity index (χ1) is 12.1. The minimum atomic E-state index is -0.266. The number of rotatable bonds is 6. The van der Waals surface area contributed by atoms with Gasteiger partial charge in [0.05, 0.1) is 5.69 Å². The summed E-state index contributed by atoms with van der Waals surface area (Å²) in [4.78, 5) is 24.6. The SMILES string of the molecule is CCCNC(=O)Cn1nc2c(c1NC(=O)c1cccc(Cl)c1)CSC2. The van der Waals surface area contributed by atoms with Gasteiger partial charge in [-0.2, -0.15) is 16.9 Å². The molecule has 2 aromatic rings. The highest BCUT2D eigenvalue weighted by Gasteiger charge is 2.25. The zero-order chi connectivity index (χ0) is 17.8. The average Bonchev–Trinajstić information content (AvgIpc) is 3.16. The van der Waals surface area contributed by atoms with Gasteiger partial charge < -0.3 is 10.6 Å². The molecule has 3 rings (SSSR count). The molecule has 1 aromatic heterocycles. The van der Waals surface area contributed by atoms with E-state index in [1.807, 2.05) is 6.92 Å². The zero-order valence-electron chi connectivity index (χ0n) is 13.8. The number of fused-ring (bicyclic) bond motifs is 1. The van der Waals surface area contributed by atoms with E-state index in [1.165, 1.54) is 0 Å². The molecule has 0 saturated carbocycles.